The molecule has 0 spiro atoms. The Labute approximate surface area is 129 Å². The van der Waals surface area contributed by atoms with Gasteiger partial charge in [0.2, 0.25) is 0 Å². The van der Waals surface area contributed by atoms with Gasteiger partial charge in [0, 0.05) is 15.8 Å². The van der Waals surface area contributed by atoms with Crippen molar-refractivity contribution in [2.45, 2.75) is 18.8 Å². The summed E-state index contributed by atoms with van der Waals surface area (Å²) in [5.41, 5.74) is 1.10. The van der Waals surface area contributed by atoms with E-state index in [4.69, 9.17) is 4.74 Å². The topological polar surface area (TPSA) is 51.2 Å². The highest BCUT2D eigenvalue weighted by atomic mass is 79.9. The Morgan fingerprint density at radius 2 is 2.15 bits per heavy atom. The number of ether oxygens (including phenoxy) is 1. The number of carbonyl (C=O) groups excluding carboxylic acids is 1. The van der Waals surface area contributed by atoms with Crippen LogP contribution in [0.5, 0.6) is 5.75 Å². The number of aromatic nitrogens is 1. The summed E-state index contributed by atoms with van der Waals surface area (Å²) >= 11 is 4.81. The van der Waals surface area contributed by atoms with Crippen molar-refractivity contribution in [2.75, 3.05) is 11.9 Å². The van der Waals surface area contributed by atoms with Crippen molar-refractivity contribution in [1.82, 2.24) is 4.98 Å². The minimum atomic E-state index is -0.190. The zero-order valence-electron chi connectivity index (χ0n) is 10.6. The lowest BCUT2D eigenvalue weighted by atomic mass is 10.3. The Morgan fingerprint density at radius 3 is 2.85 bits per heavy atom. The van der Waals surface area contributed by atoms with E-state index in [9.17, 15) is 4.79 Å². The molecule has 0 saturated heterocycles. The lowest BCUT2D eigenvalue weighted by Crippen LogP contribution is -2.20. The number of halogens is 1. The van der Waals surface area contributed by atoms with E-state index < -0.39 is 0 Å². The number of amides is 1. The Hall–Kier alpha value is -1.40. The van der Waals surface area contributed by atoms with Gasteiger partial charge in [-0.25, -0.2) is 4.98 Å². The van der Waals surface area contributed by atoms with E-state index in [1.807, 2.05) is 29.6 Å². The Balaban J connectivity index is 1.49. The van der Waals surface area contributed by atoms with Crippen LogP contribution in [0, 0.1) is 0 Å². The highest BCUT2D eigenvalue weighted by Gasteiger charge is 2.26. The Bertz CT molecular complexity index is 608. The van der Waals surface area contributed by atoms with Gasteiger partial charge in [-0.3, -0.25) is 10.1 Å². The molecule has 0 unspecified atom stereocenters. The zero-order valence-corrected chi connectivity index (χ0v) is 13.0. The lowest BCUT2D eigenvalue weighted by molar-refractivity contribution is -0.118. The maximum Gasteiger partial charge on any atom is 0.264 e. The molecule has 1 heterocycles. The normalized spacial score (nSPS) is 14.1. The van der Waals surface area contributed by atoms with Gasteiger partial charge in [-0.2, -0.15) is 0 Å². The van der Waals surface area contributed by atoms with Crippen LogP contribution in [0.4, 0.5) is 5.13 Å². The number of rotatable bonds is 5. The molecule has 0 bridgehead atoms. The second kappa shape index (κ2) is 5.93. The molecule has 6 heteroatoms. The van der Waals surface area contributed by atoms with E-state index in [2.05, 4.69) is 26.2 Å². The Morgan fingerprint density at radius 1 is 1.40 bits per heavy atom. The second-order valence-electron chi connectivity index (χ2n) is 4.64. The van der Waals surface area contributed by atoms with Crippen molar-refractivity contribution < 1.29 is 9.53 Å². The van der Waals surface area contributed by atoms with Crippen molar-refractivity contribution >= 4 is 38.3 Å². The molecule has 4 nitrogen and oxygen atoms in total. The summed E-state index contributed by atoms with van der Waals surface area (Å²) in [6.45, 7) is -0.0139. The monoisotopic (exact) mass is 352 g/mol. The van der Waals surface area contributed by atoms with E-state index in [0.717, 1.165) is 10.2 Å². The number of anilines is 1. The number of hydrogen-bond acceptors (Lipinski definition) is 4. The number of nitrogens with one attached hydrogen (secondary N) is 1. The SMILES string of the molecule is O=C(COc1ccc(Br)cc1)Nc1nc(C2CC2)cs1. The van der Waals surface area contributed by atoms with Crippen LogP contribution in [0.1, 0.15) is 24.5 Å². The molecular formula is C14H13BrN2O2S. The molecular weight excluding hydrogens is 340 g/mol. The van der Waals surface area contributed by atoms with Crippen LogP contribution in [0.2, 0.25) is 0 Å². The molecule has 1 aliphatic carbocycles. The number of nitrogens with zero attached hydrogens (tertiary/aromatic N) is 1. The van der Waals surface area contributed by atoms with Crippen molar-refractivity contribution in [3.05, 3.63) is 39.8 Å². The molecule has 0 aliphatic heterocycles. The molecule has 1 N–H and O–H groups in total. The number of hydrogen-bond donors (Lipinski definition) is 1. The van der Waals surface area contributed by atoms with Crippen molar-refractivity contribution in [3.63, 3.8) is 0 Å². The fourth-order valence-corrected chi connectivity index (χ4v) is 2.82. The molecule has 1 saturated carbocycles. The molecule has 0 atom stereocenters. The molecule has 1 aromatic heterocycles. The van der Waals surface area contributed by atoms with Crippen LogP contribution in [0.25, 0.3) is 0 Å². The standard InChI is InChI=1S/C14H13BrN2O2S/c15-10-3-5-11(6-4-10)19-7-13(18)17-14-16-12(8-20-14)9-1-2-9/h3-6,8-9H,1-2,7H2,(H,16,17,18). The summed E-state index contributed by atoms with van der Waals surface area (Å²) in [5.74, 6) is 1.08. The van der Waals surface area contributed by atoms with Crippen LogP contribution >= 0.6 is 27.3 Å². The van der Waals surface area contributed by atoms with Gasteiger partial charge in [0.15, 0.2) is 11.7 Å². The van der Waals surface area contributed by atoms with Crippen LogP contribution in [-0.4, -0.2) is 17.5 Å². The predicted octanol–water partition coefficient (Wildman–Crippen LogP) is 3.80. The highest BCUT2D eigenvalue weighted by Crippen LogP contribution is 2.40. The molecule has 3 rings (SSSR count). The van der Waals surface area contributed by atoms with E-state index in [1.165, 1.54) is 24.2 Å². The maximum atomic E-state index is 11.8. The van der Waals surface area contributed by atoms with Crippen LogP contribution in [0.15, 0.2) is 34.1 Å². The quantitative estimate of drug-likeness (QED) is 0.890. The number of thiazole rings is 1. The second-order valence-corrected chi connectivity index (χ2v) is 6.42. The average Bonchev–Trinajstić information content (AvgIpc) is 3.19. The number of benzene rings is 1. The summed E-state index contributed by atoms with van der Waals surface area (Å²) in [7, 11) is 0. The smallest absolute Gasteiger partial charge is 0.264 e. The first-order chi connectivity index (χ1) is 9.70. The molecule has 0 radical (unpaired) electrons. The fraction of sp³-hybridized carbons (Fsp3) is 0.286. The summed E-state index contributed by atoms with van der Waals surface area (Å²) in [6, 6.07) is 7.36. The van der Waals surface area contributed by atoms with Crippen molar-refractivity contribution in [3.8, 4) is 5.75 Å². The van der Waals surface area contributed by atoms with Gasteiger partial charge >= 0.3 is 0 Å². The summed E-state index contributed by atoms with van der Waals surface area (Å²) < 4.78 is 6.38. The molecule has 1 aliphatic rings. The molecule has 1 aromatic carbocycles. The van der Waals surface area contributed by atoms with E-state index in [-0.39, 0.29) is 12.5 Å². The summed E-state index contributed by atoms with van der Waals surface area (Å²) in [5, 5.41) is 5.43. The Kier molecular flexibility index (Phi) is 4.03. The molecule has 104 valence electrons. The third-order valence-electron chi connectivity index (χ3n) is 2.95. The first-order valence-electron chi connectivity index (χ1n) is 6.34. The summed E-state index contributed by atoms with van der Waals surface area (Å²) in [4.78, 5) is 16.2. The van der Waals surface area contributed by atoms with Gasteiger partial charge in [-0.15, -0.1) is 11.3 Å². The van der Waals surface area contributed by atoms with Gasteiger partial charge in [0.25, 0.3) is 5.91 Å². The molecule has 1 fully saturated rings. The molecule has 1 amide bonds. The fourth-order valence-electron chi connectivity index (χ4n) is 1.75. The molecule has 2 aromatic rings. The predicted molar refractivity (Wildman–Crippen MR) is 82.4 cm³/mol. The van der Waals surface area contributed by atoms with Crippen molar-refractivity contribution in [1.29, 1.82) is 0 Å². The third-order valence-corrected chi connectivity index (χ3v) is 4.25. The number of carbonyl (C=O) groups is 1. The van der Waals surface area contributed by atoms with E-state index in [0.29, 0.717) is 16.8 Å². The largest absolute Gasteiger partial charge is 0.484 e. The lowest BCUT2D eigenvalue weighted by Gasteiger charge is -2.05. The van der Waals surface area contributed by atoms with Crippen LogP contribution < -0.4 is 10.1 Å². The minimum Gasteiger partial charge on any atom is -0.484 e. The molecule has 20 heavy (non-hydrogen) atoms. The van der Waals surface area contributed by atoms with Gasteiger partial charge in [0.1, 0.15) is 5.75 Å². The van der Waals surface area contributed by atoms with Crippen LogP contribution in [0.3, 0.4) is 0 Å². The maximum absolute atomic E-state index is 11.8. The highest BCUT2D eigenvalue weighted by molar-refractivity contribution is 9.10. The van der Waals surface area contributed by atoms with Gasteiger partial charge in [-0.05, 0) is 37.1 Å². The van der Waals surface area contributed by atoms with Gasteiger partial charge < -0.3 is 4.74 Å². The first kappa shape index (κ1) is 13.6. The van der Waals surface area contributed by atoms with Crippen LogP contribution in [-0.2, 0) is 4.79 Å². The summed E-state index contributed by atoms with van der Waals surface area (Å²) in [6.07, 6.45) is 2.42. The minimum absolute atomic E-state index is 0.0139. The van der Waals surface area contributed by atoms with Gasteiger partial charge in [0.05, 0.1) is 5.69 Å². The average molecular weight is 353 g/mol. The van der Waals surface area contributed by atoms with Gasteiger partial charge in [-0.1, -0.05) is 15.9 Å². The van der Waals surface area contributed by atoms with E-state index >= 15 is 0 Å². The van der Waals surface area contributed by atoms with Crippen molar-refractivity contribution in [2.24, 2.45) is 0 Å². The van der Waals surface area contributed by atoms with E-state index in [1.54, 1.807) is 0 Å². The third kappa shape index (κ3) is 3.58. The zero-order chi connectivity index (χ0) is 13.9. The first-order valence-corrected chi connectivity index (χ1v) is 8.01.